The van der Waals surface area contributed by atoms with Crippen molar-refractivity contribution < 1.29 is 14.3 Å². The van der Waals surface area contributed by atoms with Gasteiger partial charge in [0, 0.05) is 63.4 Å². The van der Waals surface area contributed by atoms with Crippen LogP contribution in [0.15, 0.2) is 24.3 Å². The van der Waals surface area contributed by atoms with Crippen molar-refractivity contribution in [2.75, 3.05) is 57.0 Å². The number of nitrogens with two attached hydrogens (primary N) is 1. The van der Waals surface area contributed by atoms with E-state index in [1.807, 2.05) is 31.2 Å². The fourth-order valence-electron chi connectivity index (χ4n) is 4.72. The molecular weight excluding hydrogens is 470 g/mol. The maximum Gasteiger partial charge on any atom is 0.271 e. The van der Waals surface area contributed by atoms with E-state index in [0.29, 0.717) is 49.0 Å². The summed E-state index contributed by atoms with van der Waals surface area (Å²) in [6.45, 7) is 8.05. The van der Waals surface area contributed by atoms with Crippen LogP contribution in [0.4, 0.5) is 17.3 Å². The molecule has 2 heterocycles. The summed E-state index contributed by atoms with van der Waals surface area (Å²) >= 11 is 0. The van der Waals surface area contributed by atoms with E-state index in [1.54, 1.807) is 0 Å². The number of hydrogen-bond acceptors (Lipinski definition) is 9. The van der Waals surface area contributed by atoms with Crippen molar-refractivity contribution in [3.8, 4) is 5.75 Å². The van der Waals surface area contributed by atoms with E-state index in [-0.39, 0.29) is 11.7 Å². The standard InChI is InChI=1S/C27H39N7O3/c1-3-23-26(29-19-8-10-21(35)11-9-19)32-27(24(31-23)25(28)36)30-20-6-4-7-22(18-20)37-17-5-12-34-15-13-33(2)14-16-34/h4,6-7,18-19H,3,5,8-17H2,1-2H3,(H2,28,36)(H2,29,30,32). The number of ether oxygens (including phenoxy) is 1. The summed E-state index contributed by atoms with van der Waals surface area (Å²) < 4.78 is 6.00. The van der Waals surface area contributed by atoms with Gasteiger partial charge in [0.2, 0.25) is 0 Å². The number of benzene rings is 1. The van der Waals surface area contributed by atoms with E-state index < -0.39 is 5.91 Å². The number of nitrogens with zero attached hydrogens (tertiary/aromatic N) is 4. The van der Waals surface area contributed by atoms with Crippen LogP contribution in [0.1, 0.15) is 55.2 Å². The van der Waals surface area contributed by atoms with Crippen LogP contribution in [-0.4, -0.2) is 83.9 Å². The van der Waals surface area contributed by atoms with E-state index in [1.165, 1.54) is 0 Å². The number of Topliss-reactive ketones (excluding diaryl/α,β-unsaturated/α-hetero) is 1. The number of carbonyl (C=O) groups excluding carboxylic acids is 2. The molecule has 2 aliphatic rings. The number of aromatic nitrogens is 2. The predicted molar refractivity (Wildman–Crippen MR) is 145 cm³/mol. The third-order valence-electron chi connectivity index (χ3n) is 7.00. The smallest absolute Gasteiger partial charge is 0.271 e. The van der Waals surface area contributed by atoms with Crippen LogP contribution in [0.3, 0.4) is 0 Å². The Morgan fingerprint density at radius 1 is 1.14 bits per heavy atom. The average Bonchev–Trinajstić information content (AvgIpc) is 2.89. The number of carbonyl (C=O) groups is 2. The summed E-state index contributed by atoms with van der Waals surface area (Å²) in [7, 11) is 2.16. The Labute approximate surface area is 219 Å². The van der Waals surface area contributed by atoms with Crippen molar-refractivity contribution in [3.63, 3.8) is 0 Å². The summed E-state index contributed by atoms with van der Waals surface area (Å²) in [5.41, 5.74) is 7.15. The molecule has 10 heteroatoms. The van der Waals surface area contributed by atoms with Gasteiger partial charge in [0.15, 0.2) is 11.5 Å². The number of rotatable bonds is 11. The molecule has 0 radical (unpaired) electrons. The van der Waals surface area contributed by atoms with Gasteiger partial charge in [-0.1, -0.05) is 13.0 Å². The highest BCUT2D eigenvalue weighted by Crippen LogP contribution is 2.27. The summed E-state index contributed by atoms with van der Waals surface area (Å²) in [5.74, 6) is 1.31. The van der Waals surface area contributed by atoms with Gasteiger partial charge in [-0.05, 0) is 44.9 Å². The molecule has 0 atom stereocenters. The lowest BCUT2D eigenvalue weighted by Crippen LogP contribution is -2.44. The first-order valence-corrected chi connectivity index (χ1v) is 13.3. The summed E-state index contributed by atoms with van der Waals surface area (Å²) in [6.07, 6.45) is 4.22. The number of anilines is 3. The SMILES string of the molecule is CCc1nc(C(N)=O)c(Nc2cccc(OCCCN3CCN(C)CC3)c2)nc1NC1CCC(=O)CC1. The second-order valence-corrected chi connectivity index (χ2v) is 9.89. The van der Waals surface area contributed by atoms with Crippen molar-refractivity contribution in [1.29, 1.82) is 0 Å². The van der Waals surface area contributed by atoms with Crippen LogP contribution in [0, 0.1) is 0 Å². The highest BCUT2D eigenvalue weighted by Gasteiger charge is 2.22. The van der Waals surface area contributed by atoms with E-state index in [9.17, 15) is 9.59 Å². The van der Waals surface area contributed by atoms with Crippen LogP contribution < -0.4 is 21.1 Å². The zero-order valence-electron chi connectivity index (χ0n) is 22.0. The lowest BCUT2D eigenvalue weighted by atomic mass is 9.94. The molecule has 200 valence electrons. The second kappa shape index (κ2) is 12.8. The minimum atomic E-state index is -0.643. The average molecular weight is 510 g/mol. The molecule has 4 N–H and O–H groups in total. The lowest BCUT2D eigenvalue weighted by molar-refractivity contribution is -0.120. The van der Waals surface area contributed by atoms with Crippen molar-refractivity contribution in [2.45, 2.75) is 51.5 Å². The van der Waals surface area contributed by atoms with E-state index in [4.69, 9.17) is 15.5 Å². The number of nitrogens with one attached hydrogen (secondary N) is 2. The fraction of sp³-hybridized carbons (Fsp3) is 0.556. The fourth-order valence-corrected chi connectivity index (χ4v) is 4.72. The van der Waals surface area contributed by atoms with E-state index >= 15 is 0 Å². The minimum Gasteiger partial charge on any atom is -0.493 e. The third-order valence-corrected chi connectivity index (χ3v) is 7.00. The number of primary amides is 1. The molecule has 1 aliphatic heterocycles. The highest BCUT2D eigenvalue weighted by molar-refractivity contribution is 5.96. The highest BCUT2D eigenvalue weighted by atomic mass is 16.5. The Hall–Kier alpha value is -3.24. The van der Waals surface area contributed by atoms with Gasteiger partial charge in [0.25, 0.3) is 5.91 Å². The molecule has 0 spiro atoms. The van der Waals surface area contributed by atoms with Gasteiger partial charge in [0.1, 0.15) is 17.4 Å². The Morgan fingerprint density at radius 3 is 2.59 bits per heavy atom. The number of likely N-dealkylation sites (N-methyl/N-ethyl adjacent to an activating group) is 1. The molecule has 10 nitrogen and oxygen atoms in total. The van der Waals surface area contributed by atoms with Gasteiger partial charge in [-0.2, -0.15) is 0 Å². The predicted octanol–water partition coefficient (Wildman–Crippen LogP) is 2.82. The van der Waals surface area contributed by atoms with E-state index in [0.717, 1.165) is 63.4 Å². The number of ketones is 1. The third kappa shape index (κ3) is 7.62. The Morgan fingerprint density at radius 2 is 1.89 bits per heavy atom. The molecule has 0 unspecified atom stereocenters. The van der Waals surface area contributed by atoms with Crippen LogP contribution in [0.5, 0.6) is 5.75 Å². The van der Waals surface area contributed by atoms with Crippen molar-refractivity contribution >= 4 is 29.0 Å². The number of hydrogen-bond donors (Lipinski definition) is 3. The second-order valence-electron chi connectivity index (χ2n) is 9.89. The summed E-state index contributed by atoms with van der Waals surface area (Å²) in [6, 6.07) is 7.73. The minimum absolute atomic E-state index is 0.0970. The Kier molecular flexibility index (Phi) is 9.29. The molecule has 0 bridgehead atoms. The summed E-state index contributed by atoms with van der Waals surface area (Å²) in [5, 5.41) is 6.65. The number of piperazine rings is 1. The van der Waals surface area contributed by atoms with Crippen LogP contribution in [0.25, 0.3) is 0 Å². The first-order valence-electron chi connectivity index (χ1n) is 13.3. The largest absolute Gasteiger partial charge is 0.493 e. The van der Waals surface area contributed by atoms with Gasteiger partial charge in [-0.25, -0.2) is 9.97 Å². The molecule has 1 amide bonds. The zero-order valence-corrected chi connectivity index (χ0v) is 22.0. The molecule has 2 aromatic rings. The molecule has 4 rings (SSSR count). The Bertz CT molecular complexity index is 1080. The maximum atomic E-state index is 12.2. The van der Waals surface area contributed by atoms with Gasteiger partial charge >= 0.3 is 0 Å². The molecular formula is C27H39N7O3. The number of amides is 1. The first-order chi connectivity index (χ1) is 17.9. The molecule has 1 aromatic carbocycles. The van der Waals surface area contributed by atoms with Crippen LogP contribution in [-0.2, 0) is 11.2 Å². The van der Waals surface area contributed by atoms with E-state index in [2.05, 4.69) is 32.5 Å². The quantitative estimate of drug-likeness (QED) is 0.392. The molecule has 1 saturated heterocycles. The first kappa shape index (κ1) is 26.8. The van der Waals surface area contributed by atoms with Crippen molar-refractivity contribution in [3.05, 3.63) is 35.7 Å². The van der Waals surface area contributed by atoms with Crippen molar-refractivity contribution in [1.82, 2.24) is 19.8 Å². The topological polar surface area (TPSA) is 126 Å². The van der Waals surface area contributed by atoms with Crippen LogP contribution in [0.2, 0.25) is 0 Å². The number of aryl methyl sites for hydroxylation is 1. The molecule has 1 aliphatic carbocycles. The molecule has 37 heavy (non-hydrogen) atoms. The van der Waals surface area contributed by atoms with Gasteiger partial charge in [-0.15, -0.1) is 0 Å². The van der Waals surface area contributed by atoms with Crippen LogP contribution >= 0.6 is 0 Å². The zero-order chi connectivity index (χ0) is 26.2. The normalized spacial score (nSPS) is 17.5. The molecule has 1 saturated carbocycles. The van der Waals surface area contributed by atoms with Gasteiger partial charge in [0.05, 0.1) is 12.3 Å². The Balaban J connectivity index is 1.41. The van der Waals surface area contributed by atoms with Crippen molar-refractivity contribution in [2.24, 2.45) is 5.73 Å². The lowest BCUT2D eigenvalue weighted by Gasteiger charge is -2.32. The van der Waals surface area contributed by atoms with Gasteiger partial charge in [-0.3, -0.25) is 9.59 Å². The maximum absolute atomic E-state index is 12.2. The molecule has 2 fully saturated rings. The monoisotopic (exact) mass is 509 g/mol. The van der Waals surface area contributed by atoms with Gasteiger partial charge < -0.3 is 30.9 Å². The summed E-state index contributed by atoms with van der Waals surface area (Å²) in [4.78, 5) is 37.9. The molecule has 1 aromatic heterocycles.